The summed E-state index contributed by atoms with van der Waals surface area (Å²) in [5.41, 5.74) is 3.23. The number of para-hydroxylation sites is 1. The van der Waals surface area contributed by atoms with Crippen LogP contribution >= 0.6 is 23.1 Å². The highest BCUT2D eigenvalue weighted by Gasteiger charge is 2.16. The zero-order chi connectivity index (χ0) is 17.2. The molecule has 0 saturated heterocycles. The van der Waals surface area contributed by atoms with E-state index in [0.717, 1.165) is 39.5 Å². The van der Waals surface area contributed by atoms with E-state index < -0.39 is 0 Å². The van der Waals surface area contributed by atoms with Crippen LogP contribution in [0.4, 0.5) is 5.13 Å². The zero-order valence-electron chi connectivity index (χ0n) is 14.0. The Bertz CT molecular complexity index is 912. The van der Waals surface area contributed by atoms with Crippen LogP contribution in [0.5, 0.6) is 0 Å². The number of anilines is 1. The third-order valence-corrected chi connectivity index (χ3v) is 6.47. The Morgan fingerprint density at radius 3 is 2.96 bits per heavy atom. The summed E-state index contributed by atoms with van der Waals surface area (Å²) in [6.45, 7) is 2.04. The van der Waals surface area contributed by atoms with Gasteiger partial charge in [-0.2, -0.15) is 0 Å². The van der Waals surface area contributed by atoms with E-state index in [4.69, 9.17) is 0 Å². The summed E-state index contributed by atoms with van der Waals surface area (Å²) in [6, 6.07) is 10.2. The third kappa shape index (κ3) is 3.70. The van der Waals surface area contributed by atoms with E-state index in [2.05, 4.69) is 27.4 Å². The summed E-state index contributed by atoms with van der Waals surface area (Å²) < 4.78 is 0. The molecule has 0 radical (unpaired) electrons. The van der Waals surface area contributed by atoms with Crippen molar-refractivity contribution in [3.63, 3.8) is 0 Å². The molecule has 0 bridgehead atoms. The second kappa shape index (κ2) is 7.14. The van der Waals surface area contributed by atoms with E-state index in [1.54, 1.807) is 11.3 Å². The molecule has 2 aromatic heterocycles. The summed E-state index contributed by atoms with van der Waals surface area (Å²) in [4.78, 5) is 22.9. The molecule has 0 saturated carbocycles. The molecule has 128 valence electrons. The first-order chi connectivity index (χ1) is 12.2. The van der Waals surface area contributed by atoms with Crippen LogP contribution in [-0.4, -0.2) is 21.6 Å². The van der Waals surface area contributed by atoms with Crippen molar-refractivity contribution in [3.8, 4) is 0 Å². The molecule has 4 nitrogen and oxygen atoms in total. The highest BCUT2D eigenvalue weighted by atomic mass is 32.2. The molecular weight excluding hydrogens is 350 g/mol. The number of fused-ring (bicyclic) bond motifs is 2. The summed E-state index contributed by atoms with van der Waals surface area (Å²) in [5.74, 6) is 0.321. The Hall–Kier alpha value is -1.92. The van der Waals surface area contributed by atoms with E-state index in [1.165, 1.54) is 35.2 Å². The van der Waals surface area contributed by atoms with E-state index in [1.807, 2.05) is 25.1 Å². The van der Waals surface area contributed by atoms with Crippen LogP contribution in [0.2, 0.25) is 0 Å². The largest absolute Gasteiger partial charge is 0.301 e. The normalized spacial score (nSPS) is 13.6. The van der Waals surface area contributed by atoms with Crippen molar-refractivity contribution >= 4 is 45.0 Å². The Kier molecular flexibility index (Phi) is 4.72. The summed E-state index contributed by atoms with van der Waals surface area (Å²) in [5, 5.41) is 5.72. The van der Waals surface area contributed by atoms with Gasteiger partial charge in [0.05, 0.1) is 17.0 Å². The Labute approximate surface area is 155 Å². The zero-order valence-corrected chi connectivity index (χ0v) is 15.7. The van der Waals surface area contributed by atoms with Crippen molar-refractivity contribution in [1.29, 1.82) is 0 Å². The number of benzene rings is 1. The number of pyridine rings is 1. The number of aryl methyl sites for hydroxylation is 3. The van der Waals surface area contributed by atoms with Gasteiger partial charge >= 0.3 is 0 Å². The van der Waals surface area contributed by atoms with Gasteiger partial charge in [-0.3, -0.25) is 4.79 Å². The van der Waals surface area contributed by atoms with Crippen LogP contribution in [0.1, 0.15) is 29.0 Å². The fourth-order valence-corrected chi connectivity index (χ4v) is 4.90. The number of nitrogens with zero attached hydrogens (tertiary/aromatic N) is 2. The lowest BCUT2D eigenvalue weighted by molar-refractivity contribution is -0.113. The summed E-state index contributed by atoms with van der Waals surface area (Å²) in [7, 11) is 0. The van der Waals surface area contributed by atoms with Gasteiger partial charge in [0.15, 0.2) is 5.13 Å². The number of thioether (sulfide) groups is 1. The van der Waals surface area contributed by atoms with Gasteiger partial charge in [0, 0.05) is 10.3 Å². The van der Waals surface area contributed by atoms with Crippen LogP contribution in [0.3, 0.4) is 0 Å². The molecule has 1 N–H and O–H groups in total. The molecule has 4 rings (SSSR count). The number of thiazole rings is 1. The molecule has 3 aromatic rings. The Morgan fingerprint density at radius 1 is 1.24 bits per heavy atom. The monoisotopic (exact) mass is 369 g/mol. The van der Waals surface area contributed by atoms with Gasteiger partial charge in [0.25, 0.3) is 0 Å². The Balaban J connectivity index is 1.41. The highest BCUT2D eigenvalue weighted by molar-refractivity contribution is 8.00. The SMILES string of the molecule is Cc1cc2ccccc2nc1SCC(=O)Nc1nc2c(s1)CCCC2. The van der Waals surface area contributed by atoms with Gasteiger partial charge in [-0.05, 0) is 50.3 Å². The lowest BCUT2D eigenvalue weighted by atomic mass is 10.0. The minimum atomic E-state index is -0.0227. The number of aromatic nitrogens is 2. The number of nitrogens with one attached hydrogen (secondary N) is 1. The Morgan fingerprint density at radius 2 is 2.08 bits per heavy atom. The highest BCUT2D eigenvalue weighted by Crippen LogP contribution is 2.30. The van der Waals surface area contributed by atoms with E-state index in [0.29, 0.717) is 5.75 Å². The minimum absolute atomic E-state index is 0.0227. The first-order valence-electron chi connectivity index (χ1n) is 8.46. The summed E-state index contributed by atoms with van der Waals surface area (Å²) >= 11 is 3.10. The van der Waals surface area contributed by atoms with Crippen LogP contribution < -0.4 is 5.32 Å². The number of hydrogen-bond donors (Lipinski definition) is 1. The quantitative estimate of drug-likeness (QED) is 0.682. The molecule has 1 amide bonds. The fraction of sp³-hybridized carbons (Fsp3) is 0.316. The number of carbonyl (C=O) groups is 1. The first kappa shape index (κ1) is 16.5. The second-order valence-electron chi connectivity index (χ2n) is 6.24. The number of rotatable bonds is 4. The van der Waals surface area contributed by atoms with Crippen molar-refractivity contribution in [2.45, 2.75) is 37.6 Å². The van der Waals surface area contributed by atoms with Crippen LogP contribution in [0.25, 0.3) is 10.9 Å². The fourth-order valence-electron chi connectivity index (χ4n) is 3.04. The van der Waals surface area contributed by atoms with Crippen molar-refractivity contribution in [2.24, 2.45) is 0 Å². The molecule has 0 unspecified atom stereocenters. The number of hydrogen-bond acceptors (Lipinski definition) is 5. The molecule has 0 fully saturated rings. The molecule has 0 aliphatic heterocycles. The van der Waals surface area contributed by atoms with Crippen molar-refractivity contribution in [3.05, 3.63) is 46.5 Å². The minimum Gasteiger partial charge on any atom is -0.301 e. The van der Waals surface area contributed by atoms with Gasteiger partial charge in [0.2, 0.25) is 5.91 Å². The summed E-state index contributed by atoms with van der Waals surface area (Å²) in [6.07, 6.45) is 4.56. The average Bonchev–Trinajstić information content (AvgIpc) is 3.02. The molecular formula is C19H19N3OS2. The van der Waals surface area contributed by atoms with Crippen molar-refractivity contribution in [1.82, 2.24) is 9.97 Å². The first-order valence-corrected chi connectivity index (χ1v) is 10.3. The van der Waals surface area contributed by atoms with Gasteiger partial charge in [-0.25, -0.2) is 9.97 Å². The molecule has 2 heterocycles. The predicted octanol–water partition coefficient (Wildman–Crippen LogP) is 4.61. The molecule has 1 aliphatic rings. The lowest BCUT2D eigenvalue weighted by Crippen LogP contribution is -2.14. The second-order valence-corrected chi connectivity index (χ2v) is 8.28. The third-order valence-electron chi connectivity index (χ3n) is 4.30. The number of carbonyl (C=O) groups excluding carboxylic acids is 1. The molecule has 0 atom stereocenters. The average molecular weight is 370 g/mol. The molecule has 25 heavy (non-hydrogen) atoms. The van der Waals surface area contributed by atoms with Gasteiger partial charge < -0.3 is 5.32 Å². The maximum atomic E-state index is 12.3. The number of amides is 1. The predicted molar refractivity (Wildman–Crippen MR) is 105 cm³/mol. The molecule has 1 aromatic carbocycles. The van der Waals surface area contributed by atoms with Crippen LogP contribution in [-0.2, 0) is 17.6 Å². The van der Waals surface area contributed by atoms with Gasteiger partial charge in [0.1, 0.15) is 5.03 Å². The van der Waals surface area contributed by atoms with E-state index >= 15 is 0 Å². The van der Waals surface area contributed by atoms with Gasteiger partial charge in [-0.15, -0.1) is 11.3 Å². The molecule has 1 aliphatic carbocycles. The molecule has 6 heteroatoms. The van der Waals surface area contributed by atoms with E-state index in [-0.39, 0.29) is 5.91 Å². The van der Waals surface area contributed by atoms with Crippen molar-refractivity contribution < 1.29 is 4.79 Å². The van der Waals surface area contributed by atoms with Crippen LogP contribution in [0, 0.1) is 6.92 Å². The maximum Gasteiger partial charge on any atom is 0.236 e. The topological polar surface area (TPSA) is 54.9 Å². The molecule has 0 spiro atoms. The van der Waals surface area contributed by atoms with Crippen molar-refractivity contribution in [2.75, 3.05) is 11.1 Å². The smallest absolute Gasteiger partial charge is 0.236 e. The lowest BCUT2D eigenvalue weighted by Gasteiger charge is -2.07. The standard InChI is InChI=1S/C19H19N3OS2/c1-12-10-13-6-2-3-7-14(13)20-18(12)24-11-17(23)22-19-21-15-8-4-5-9-16(15)25-19/h2-3,6-7,10H,4-5,8-9,11H2,1H3,(H,21,22,23). The van der Waals surface area contributed by atoms with Crippen LogP contribution in [0.15, 0.2) is 35.4 Å². The van der Waals surface area contributed by atoms with Gasteiger partial charge in [-0.1, -0.05) is 30.0 Å². The maximum absolute atomic E-state index is 12.3. The van der Waals surface area contributed by atoms with E-state index in [9.17, 15) is 4.79 Å².